The second-order valence-corrected chi connectivity index (χ2v) is 5.68. The molecule has 1 unspecified atom stereocenters. The van der Waals surface area contributed by atoms with Crippen LogP contribution < -0.4 is 5.32 Å². The number of carboxylic acid groups (broad SMARTS) is 1. The molecule has 0 heterocycles. The molecule has 0 saturated heterocycles. The van der Waals surface area contributed by atoms with Gasteiger partial charge in [0.1, 0.15) is 0 Å². The molecule has 2 aliphatic rings. The van der Waals surface area contributed by atoms with E-state index in [1.807, 2.05) is 0 Å². The maximum absolute atomic E-state index is 12.9. The highest BCUT2D eigenvalue weighted by Crippen LogP contribution is 2.36. The molecule has 0 spiro atoms. The molecule has 5 nitrogen and oxygen atoms in total. The SMILES string of the molecule is CC(NC(=O)N(CC1CC1)C1CC1)(C(=O)O)C(F)(F)F. The molecule has 0 aromatic carbocycles. The van der Waals surface area contributed by atoms with Crippen molar-refractivity contribution in [3.05, 3.63) is 0 Å². The summed E-state index contributed by atoms with van der Waals surface area (Å²) in [4.78, 5) is 24.3. The molecule has 20 heavy (non-hydrogen) atoms. The van der Waals surface area contributed by atoms with E-state index < -0.39 is 23.7 Å². The molecule has 2 N–H and O–H groups in total. The van der Waals surface area contributed by atoms with Gasteiger partial charge in [-0.25, -0.2) is 9.59 Å². The summed E-state index contributed by atoms with van der Waals surface area (Å²) in [5.41, 5.74) is -3.26. The number of alkyl halides is 3. The lowest BCUT2D eigenvalue weighted by molar-refractivity contribution is -0.203. The normalized spacial score (nSPS) is 22.0. The Morgan fingerprint density at radius 1 is 1.25 bits per heavy atom. The van der Waals surface area contributed by atoms with Crippen LogP contribution in [0.5, 0.6) is 0 Å². The van der Waals surface area contributed by atoms with Gasteiger partial charge in [0.15, 0.2) is 0 Å². The average molecular weight is 294 g/mol. The number of urea groups is 1. The lowest BCUT2D eigenvalue weighted by Gasteiger charge is -2.32. The number of carboxylic acids is 1. The monoisotopic (exact) mass is 294 g/mol. The number of carbonyl (C=O) groups is 2. The highest BCUT2D eigenvalue weighted by atomic mass is 19.4. The van der Waals surface area contributed by atoms with Gasteiger partial charge in [-0.15, -0.1) is 0 Å². The number of nitrogens with zero attached hydrogens (tertiary/aromatic N) is 1. The fourth-order valence-corrected chi connectivity index (χ4v) is 1.89. The molecule has 0 radical (unpaired) electrons. The van der Waals surface area contributed by atoms with Crippen LogP contribution in [0.15, 0.2) is 0 Å². The van der Waals surface area contributed by atoms with Gasteiger partial charge in [-0.2, -0.15) is 13.2 Å². The van der Waals surface area contributed by atoms with E-state index in [-0.39, 0.29) is 6.04 Å². The van der Waals surface area contributed by atoms with E-state index in [1.54, 1.807) is 5.32 Å². The Morgan fingerprint density at radius 3 is 2.15 bits per heavy atom. The highest BCUT2D eigenvalue weighted by molar-refractivity contribution is 5.87. The minimum Gasteiger partial charge on any atom is -0.479 e. The number of aliphatic carboxylic acids is 1. The summed E-state index contributed by atoms with van der Waals surface area (Å²) in [5.74, 6) is -1.77. The Labute approximate surface area is 114 Å². The zero-order valence-corrected chi connectivity index (χ0v) is 11.0. The smallest absolute Gasteiger partial charge is 0.422 e. The molecule has 0 aliphatic heterocycles. The van der Waals surface area contributed by atoms with Gasteiger partial charge in [0.25, 0.3) is 0 Å². The number of halogens is 3. The second-order valence-electron chi connectivity index (χ2n) is 5.68. The van der Waals surface area contributed by atoms with Gasteiger partial charge in [-0.1, -0.05) is 0 Å². The number of rotatable bonds is 5. The Hall–Kier alpha value is -1.47. The number of nitrogens with one attached hydrogen (secondary N) is 1. The maximum atomic E-state index is 12.9. The van der Waals surface area contributed by atoms with Crippen LogP contribution in [0.3, 0.4) is 0 Å². The van der Waals surface area contributed by atoms with E-state index in [0.717, 1.165) is 25.7 Å². The fourth-order valence-electron chi connectivity index (χ4n) is 1.89. The maximum Gasteiger partial charge on any atom is 0.422 e. The molecular weight excluding hydrogens is 277 g/mol. The Kier molecular flexibility index (Phi) is 3.60. The summed E-state index contributed by atoms with van der Waals surface area (Å²) >= 11 is 0. The summed E-state index contributed by atoms with van der Waals surface area (Å²) in [6, 6.07) is -0.997. The van der Waals surface area contributed by atoms with Crippen molar-refractivity contribution >= 4 is 12.0 Å². The molecule has 2 rings (SSSR count). The van der Waals surface area contributed by atoms with E-state index in [1.165, 1.54) is 4.90 Å². The van der Waals surface area contributed by atoms with E-state index in [0.29, 0.717) is 19.4 Å². The topological polar surface area (TPSA) is 69.6 Å². The minimum atomic E-state index is -5.05. The minimum absolute atomic E-state index is 0.0538. The summed E-state index contributed by atoms with van der Waals surface area (Å²) in [6.07, 6.45) is -1.60. The molecule has 1 atom stereocenters. The summed E-state index contributed by atoms with van der Waals surface area (Å²) in [5, 5.41) is 10.4. The lowest BCUT2D eigenvalue weighted by atomic mass is 10.0. The van der Waals surface area contributed by atoms with Crippen LogP contribution in [0.1, 0.15) is 32.6 Å². The van der Waals surface area contributed by atoms with Crippen molar-refractivity contribution in [2.75, 3.05) is 6.54 Å². The Bertz CT molecular complexity index is 419. The molecule has 8 heteroatoms. The molecule has 2 fully saturated rings. The third kappa shape index (κ3) is 2.99. The summed E-state index contributed by atoms with van der Waals surface area (Å²) in [7, 11) is 0. The number of hydrogen-bond donors (Lipinski definition) is 2. The molecule has 2 amide bonds. The second kappa shape index (κ2) is 4.82. The quantitative estimate of drug-likeness (QED) is 0.814. The van der Waals surface area contributed by atoms with Crippen LogP contribution in [0.4, 0.5) is 18.0 Å². The fraction of sp³-hybridized carbons (Fsp3) is 0.833. The first-order chi connectivity index (χ1) is 9.15. The van der Waals surface area contributed by atoms with Crippen LogP contribution in [0.2, 0.25) is 0 Å². The van der Waals surface area contributed by atoms with Crippen LogP contribution in [0, 0.1) is 5.92 Å². The lowest BCUT2D eigenvalue weighted by Crippen LogP contribution is -2.64. The van der Waals surface area contributed by atoms with Crippen LogP contribution >= 0.6 is 0 Å². The third-order valence-electron chi connectivity index (χ3n) is 3.75. The van der Waals surface area contributed by atoms with Crippen molar-refractivity contribution in [3.63, 3.8) is 0 Å². The molecule has 2 aliphatic carbocycles. The summed E-state index contributed by atoms with van der Waals surface area (Å²) in [6.45, 7) is 0.874. The van der Waals surface area contributed by atoms with E-state index in [4.69, 9.17) is 5.11 Å². The average Bonchev–Trinajstić information content (AvgIpc) is 3.16. The Balaban J connectivity index is 2.08. The van der Waals surface area contributed by atoms with Crippen molar-refractivity contribution in [2.45, 2.75) is 50.4 Å². The van der Waals surface area contributed by atoms with Crippen molar-refractivity contribution < 1.29 is 27.9 Å². The number of hydrogen-bond acceptors (Lipinski definition) is 2. The van der Waals surface area contributed by atoms with Crippen LogP contribution in [-0.4, -0.2) is 46.3 Å². The first-order valence-electron chi connectivity index (χ1n) is 6.54. The molecule has 2 saturated carbocycles. The van der Waals surface area contributed by atoms with Crippen molar-refractivity contribution in [2.24, 2.45) is 5.92 Å². The molecular formula is C12H17F3N2O3. The van der Waals surface area contributed by atoms with Gasteiger partial charge < -0.3 is 15.3 Å². The summed E-state index contributed by atoms with van der Waals surface area (Å²) < 4.78 is 38.6. The van der Waals surface area contributed by atoms with Crippen LogP contribution in [-0.2, 0) is 4.79 Å². The number of carbonyl (C=O) groups excluding carboxylic acids is 1. The predicted octanol–water partition coefficient (Wildman–Crippen LogP) is 1.98. The van der Waals surface area contributed by atoms with Crippen LogP contribution in [0.25, 0.3) is 0 Å². The first-order valence-corrected chi connectivity index (χ1v) is 6.54. The zero-order chi connectivity index (χ0) is 15.1. The molecule has 0 bridgehead atoms. The Morgan fingerprint density at radius 2 is 1.80 bits per heavy atom. The standard InChI is InChI=1S/C12H17F3N2O3/c1-11(9(18)19,12(13,14)15)16-10(20)17(8-4-5-8)6-7-2-3-7/h7-8H,2-6H2,1H3,(H,16,20)(H,18,19). The van der Waals surface area contributed by atoms with E-state index >= 15 is 0 Å². The van der Waals surface area contributed by atoms with Crippen molar-refractivity contribution in [3.8, 4) is 0 Å². The number of amides is 2. The van der Waals surface area contributed by atoms with Gasteiger partial charge in [-0.3, -0.25) is 0 Å². The molecule has 114 valence electrons. The van der Waals surface area contributed by atoms with Crippen molar-refractivity contribution in [1.29, 1.82) is 0 Å². The van der Waals surface area contributed by atoms with E-state index in [9.17, 15) is 22.8 Å². The highest BCUT2D eigenvalue weighted by Gasteiger charge is 2.59. The molecule has 0 aromatic heterocycles. The molecule has 0 aromatic rings. The van der Waals surface area contributed by atoms with Gasteiger partial charge in [0, 0.05) is 12.6 Å². The third-order valence-corrected chi connectivity index (χ3v) is 3.75. The van der Waals surface area contributed by atoms with Gasteiger partial charge >= 0.3 is 18.2 Å². The van der Waals surface area contributed by atoms with Crippen molar-refractivity contribution in [1.82, 2.24) is 10.2 Å². The first kappa shape index (κ1) is 14.9. The zero-order valence-electron chi connectivity index (χ0n) is 11.0. The largest absolute Gasteiger partial charge is 0.479 e. The van der Waals surface area contributed by atoms with Gasteiger partial charge in [0.05, 0.1) is 0 Å². The van der Waals surface area contributed by atoms with Gasteiger partial charge in [0.2, 0.25) is 5.54 Å². The van der Waals surface area contributed by atoms with Gasteiger partial charge in [-0.05, 0) is 38.5 Å². The van der Waals surface area contributed by atoms with E-state index in [2.05, 4.69) is 0 Å². The predicted molar refractivity (Wildman–Crippen MR) is 63.1 cm³/mol.